The molecule has 1 fully saturated rings. The third-order valence-electron chi connectivity index (χ3n) is 4.36. The first-order valence-electron chi connectivity index (χ1n) is 8.01. The molecule has 7 heteroatoms. The second kappa shape index (κ2) is 7.53. The third kappa shape index (κ3) is 3.79. The van der Waals surface area contributed by atoms with Gasteiger partial charge >= 0.3 is 6.55 Å². The molecular formula is C17H20F2N4O. The molecule has 1 saturated heterocycles. The minimum Gasteiger partial charge on any atom is -0.339 e. The van der Waals surface area contributed by atoms with Gasteiger partial charge in [-0.1, -0.05) is 0 Å². The molecule has 1 N–H and O–H groups in total. The number of hydrogen-bond donors (Lipinski definition) is 1. The molecule has 2 aromatic rings. The minimum absolute atomic E-state index is 0.0161. The third-order valence-corrected chi connectivity index (χ3v) is 4.36. The van der Waals surface area contributed by atoms with Crippen LogP contribution >= 0.6 is 0 Å². The van der Waals surface area contributed by atoms with Gasteiger partial charge in [0, 0.05) is 55.5 Å². The van der Waals surface area contributed by atoms with Crippen molar-refractivity contribution in [2.45, 2.75) is 32.0 Å². The Bertz CT molecular complexity index is 666. The van der Waals surface area contributed by atoms with E-state index in [1.54, 1.807) is 36.7 Å². The maximum atomic E-state index is 12.8. The summed E-state index contributed by atoms with van der Waals surface area (Å²) in [6.07, 6.45) is 6.23. The molecule has 24 heavy (non-hydrogen) atoms. The Labute approximate surface area is 139 Å². The van der Waals surface area contributed by atoms with Gasteiger partial charge in [0.05, 0.1) is 0 Å². The summed E-state index contributed by atoms with van der Waals surface area (Å²) in [7, 11) is 0. The van der Waals surface area contributed by atoms with Gasteiger partial charge in [0.25, 0.3) is 5.91 Å². The van der Waals surface area contributed by atoms with Crippen LogP contribution in [0.4, 0.5) is 8.78 Å². The van der Waals surface area contributed by atoms with Crippen molar-refractivity contribution in [3.8, 4) is 0 Å². The van der Waals surface area contributed by atoms with Crippen molar-refractivity contribution in [1.82, 2.24) is 19.8 Å². The Morgan fingerprint density at radius 3 is 2.62 bits per heavy atom. The smallest absolute Gasteiger partial charge is 0.318 e. The maximum absolute atomic E-state index is 12.8. The second-order valence-electron chi connectivity index (χ2n) is 5.87. The summed E-state index contributed by atoms with van der Waals surface area (Å²) in [5.74, 6) is 0.0161. The number of nitrogens with one attached hydrogen (secondary N) is 1. The molecule has 0 radical (unpaired) electrons. The van der Waals surface area contributed by atoms with E-state index in [1.807, 2.05) is 4.90 Å². The van der Waals surface area contributed by atoms with Gasteiger partial charge in [-0.3, -0.25) is 14.3 Å². The summed E-state index contributed by atoms with van der Waals surface area (Å²) in [4.78, 5) is 18.1. The predicted molar refractivity (Wildman–Crippen MR) is 85.7 cm³/mol. The van der Waals surface area contributed by atoms with Gasteiger partial charge in [0.15, 0.2) is 0 Å². The number of aromatic nitrogens is 2. The number of rotatable bonds is 5. The second-order valence-corrected chi connectivity index (χ2v) is 5.87. The Morgan fingerprint density at radius 1 is 1.25 bits per heavy atom. The van der Waals surface area contributed by atoms with Crippen LogP contribution in [0.1, 0.15) is 35.4 Å². The highest BCUT2D eigenvalue weighted by molar-refractivity contribution is 5.94. The molecule has 0 atom stereocenters. The van der Waals surface area contributed by atoms with E-state index in [2.05, 4.69) is 10.3 Å². The lowest BCUT2D eigenvalue weighted by molar-refractivity contribution is 0.0657. The van der Waals surface area contributed by atoms with E-state index in [-0.39, 0.29) is 11.9 Å². The summed E-state index contributed by atoms with van der Waals surface area (Å²) in [6.45, 7) is -0.791. The molecule has 3 rings (SSSR count). The lowest BCUT2D eigenvalue weighted by Gasteiger charge is -2.32. The highest BCUT2D eigenvalue weighted by Crippen LogP contribution is 2.17. The lowest BCUT2D eigenvalue weighted by Crippen LogP contribution is -2.44. The monoisotopic (exact) mass is 334 g/mol. The Kier molecular flexibility index (Phi) is 5.20. The first kappa shape index (κ1) is 16.6. The number of amides is 1. The number of pyridine rings is 1. The van der Waals surface area contributed by atoms with E-state index in [0.717, 1.165) is 17.4 Å². The quantitative estimate of drug-likeness (QED) is 0.915. The standard InChI is InChI=1S/C17H20F2N4O/c18-17(19)23-9-1-2-15(23)12-21-14-5-10-22(11-6-14)16(24)13-3-7-20-8-4-13/h1-4,7-9,14,17,21H,5-6,10-12H2. The van der Waals surface area contributed by atoms with Crippen LogP contribution in [0.25, 0.3) is 0 Å². The average molecular weight is 334 g/mol. The summed E-state index contributed by atoms with van der Waals surface area (Å²) < 4.78 is 26.6. The average Bonchev–Trinajstić information content (AvgIpc) is 3.09. The van der Waals surface area contributed by atoms with Crippen LogP contribution in [-0.4, -0.2) is 39.5 Å². The fourth-order valence-electron chi connectivity index (χ4n) is 2.98. The van der Waals surface area contributed by atoms with Crippen LogP contribution in [0.3, 0.4) is 0 Å². The summed E-state index contributed by atoms with van der Waals surface area (Å²) in [6, 6.07) is 6.98. The van der Waals surface area contributed by atoms with Gasteiger partial charge in [-0.15, -0.1) is 0 Å². The molecule has 0 spiro atoms. The van der Waals surface area contributed by atoms with E-state index in [4.69, 9.17) is 0 Å². The summed E-state index contributed by atoms with van der Waals surface area (Å²) in [5.41, 5.74) is 1.21. The fraction of sp³-hybridized carbons (Fsp3) is 0.412. The maximum Gasteiger partial charge on any atom is 0.318 e. The molecule has 0 aliphatic carbocycles. The van der Waals surface area contributed by atoms with Crippen molar-refractivity contribution in [3.05, 3.63) is 54.1 Å². The van der Waals surface area contributed by atoms with E-state index in [0.29, 0.717) is 30.9 Å². The van der Waals surface area contributed by atoms with Crippen LogP contribution in [0.2, 0.25) is 0 Å². The van der Waals surface area contributed by atoms with Crippen LogP contribution in [0.15, 0.2) is 42.9 Å². The Morgan fingerprint density at radius 2 is 1.96 bits per heavy atom. The largest absolute Gasteiger partial charge is 0.339 e. The number of piperidine rings is 1. The number of carbonyl (C=O) groups is 1. The molecular weight excluding hydrogens is 314 g/mol. The number of alkyl halides is 2. The van der Waals surface area contributed by atoms with E-state index in [9.17, 15) is 13.6 Å². The van der Waals surface area contributed by atoms with Gasteiger partial charge in [0.2, 0.25) is 0 Å². The van der Waals surface area contributed by atoms with Gasteiger partial charge < -0.3 is 10.2 Å². The van der Waals surface area contributed by atoms with Gasteiger partial charge in [0.1, 0.15) is 0 Å². The van der Waals surface area contributed by atoms with Crippen molar-refractivity contribution in [2.24, 2.45) is 0 Å². The molecule has 0 unspecified atom stereocenters. The molecule has 1 aliphatic rings. The Hall–Kier alpha value is -2.28. The predicted octanol–water partition coefficient (Wildman–Crippen LogP) is 2.67. The van der Waals surface area contributed by atoms with E-state index in [1.165, 1.54) is 6.20 Å². The lowest BCUT2D eigenvalue weighted by atomic mass is 10.0. The SMILES string of the molecule is O=C(c1ccncc1)N1CCC(NCc2cccn2C(F)F)CC1. The van der Waals surface area contributed by atoms with Crippen LogP contribution in [0.5, 0.6) is 0 Å². The molecule has 0 aromatic carbocycles. The number of halogens is 2. The highest BCUT2D eigenvalue weighted by Gasteiger charge is 2.23. The van der Waals surface area contributed by atoms with Crippen molar-refractivity contribution < 1.29 is 13.6 Å². The number of carbonyl (C=O) groups excluding carboxylic acids is 1. The highest BCUT2D eigenvalue weighted by atomic mass is 19.3. The van der Waals surface area contributed by atoms with Crippen LogP contribution in [0, 0.1) is 0 Å². The molecule has 1 amide bonds. The van der Waals surface area contributed by atoms with Gasteiger partial charge in [-0.2, -0.15) is 8.78 Å². The van der Waals surface area contributed by atoms with E-state index < -0.39 is 6.55 Å². The zero-order valence-electron chi connectivity index (χ0n) is 13.2. The zero-order chi connectivity index (χ0) is 16.9. The first-order chi connectivity index (χ1) is 11.6. The summed E-state index contributed by atoms with van der Waals surface area (Å²) in [5, 5.41) is 3.32. The van der Waals surface area contributed by atoms with Gasteiger partial charge in [-0.25, -0.2) is 0 Å². The molecule has 3 heterocycles. The van der Waals surface area contributed by atoms with Crippen LogP contribution < -0.4 is 5.32 Å². The zero-order valence-corrected chi connectivity index (χ0v) is 13.2. The summed E-state index contributed by atoms with van der Waals surface area (Å²) >= 11 is 0. The number of likely N-dealkylation sites (tertiary alicyclic amines) is 1. The van der Waals surface area contributed by atoms with Gasteiger partial charge in [-0.05, 0) is 37.1 Å². The van der Waals surface area contributed by atoms with E-state index >= 15 is 0 Å². The van der Waals surface area contributed by atoms with Crippen molar-refractivity contribution in [2.75, 3.05) is 13.1 Å². The Balaban J connectivity index is 1.49. The normalized spacial score (nSPS) is 15.9. The first-order valence-corrected chi connectivity index (χ1v) is 8.01. The molecule has 0 saturated carbocycles. The molecule has 0 bridgehead atoms. The number of nitrogens with zero attached hydrogens (tertiary/aromatic N) is 3. The minimum atomic E-state index is -2.52. The molecule has 128 valence electrons. The van der Waals surface area contributed by atoms with Crippen molar-refractivity contribution >= 4 is 5.91 Å². The van der Waals surface area contributed by atoms with Crippen LogP contribution in [-0.2, 0) is 6.54 Å². The molecule has 1 aliphatic heterocycles. The molecule has 2 aromatic heterocycles. The topological polar surface area (TPSA) is 50.2 Å². The molecule has 5 nitrogen and oxygen atoms in total. The fourth-order valence-corrected chi connectivity index (χ4v) is 2.98. The van der Waals surface area contributed by atoms with Crippen molar-refractivity contribution in [1.29, 1.82) is 0 Å². The number of hydrogen-bond acceptors (Lipinski definition) is 3. The van der Waals surface area contributed by atoms with Crippen molar-refractivity contribution in [3.63, 3.8) is 0 Å².